The van der Waals surface area contributed by atoms with E-state index in [1.165, 1.54) is 6.07 Å². The summed E-state index contributed by atoms with van der Waals surface area (Å²) in [6, 6.07) is 1.78. The molecule has 1 aliphatic rings. The Labute approximate surface area is 171 Å². The van der Waals surface area contributed by atoms with Crippen LogP contribution in [0.2, 0.25) is 5.02 Å². The number of benzene rings is 1. The SMILES string of the molecule is CCCS(=O)(=O)N1CCCC1C(=O)OCC(=O)Nc1ccc(Cl)cc1C(F)(F)F. The minimum atomic E-state index is -4.75. The zero-order chi connectivity index (χ0) is 21.8. The predicted molar refractivity (Wildman–Crippen MR) is 99.8 cm³/mol. The van der Waals surface area contributed by atoms with Crippen molar-refractivity contribution >= 4 is 39.2 Å². The van der Waals surface area contributed by atoms with E-state index in [1.807, 2.05) is 5.32 Å². The number of esters is 1. The minimum absolute atomic E-state index is 0.117. The summed E-state index contributed by atoms with van der Waals surface area (Å²) in [5.74, 6) is -2.02. The summed E-state index contributed by atoms with van der Waals surface area (Å²) in [5.41, 5.74) is -1.67. The van der Waals surface area contributed by atoms with Crippen molar-refractivity contribution < 1.29 is 35.9 Å². The molecule has 7 nitrogen and oxygen atoms in total. The van der Waals surface area contributed by atoms with E-state index >= 15 is 0 Å². The molecule has 12 heteroatoms. The predicted octanol–water partition coefficient (Wildman–Crippen LogP) is 3.04. The number of anilines is 1. The zero-order valence-electron chi connectivity index (χ0n) is 15.5. The second-order valence-corrected chi connectivity index (χ2v) is 8.91. The van der Waals surface area contributed by atoms with Crippen molar-refractivity contribution in [2.75, 3.05) is 24.2 Å². The molecule has 1 fully saturated rings. The van der Waals surface area contributed by atoms with Gasteiger partial charge in [0.05, 0.1) is 17.0 Å². The molecule has 2 rings (SSSR count). The molecule has 1 aromatic rings. The number of amides is 1. The number of nitrogens with zero attached hydrogens (tertiary/aromatic N) is 1. The van der Waals surface area contributed by atoms with Gasteiger partial charge in [-0.3, -0.25) is 9.59 Å². The van der Waals surface area contributed by atoms with Gasteiger partial charge in [0, 0.05) is 11.6 Å². The van der Waals surface area contributed by atoms with Gasteiger partial charge in [-0.15, -0.1) is 0 Å². The molecule has 0 spiro atoms. The van der Waals surface area contributed by atoms with Crippen LogP contribution in [0, 0.1) is 0 Å². The average molecular weight is 457 g/mol. The van der Waals surface area contributed by atoms with Crippen LogP contribution in [0.15, 0.2) is 18.2 Å². The van der Waals surface area contributed by atoms with Crippen LogP contribution in [0.4, 0.5) is 18.9 Å². The maximum absolute atomic E-state index is 13.1. The first-order valence-electron chi connectivity index (χ1n) is 8.78. The van der Waals surface area contributed by atoms with Crippen LogP contribution >= 0.6 is 11.6 Å². The number of carbonyl (C=O) groups excluding carboxylic acids is 2. The van der Waals surface area contributed by atoms with Gasteiger partial charge < -0.3 is 10.1 Å². The molecular formula is C17H20ClF3N2O5S. The third-order valence-corrected chi connectivity index (χ3v) is 6.51. The molecule has 1 aromatic carbocycles. The third kappa shape index (κ3) is 6.06. The lowest BCUT2D eigenvalue weighted by Gasteiger charge is -2.22. The van der Waals surface area contributed by atoms with Gasteiger partial charge in [0.25, 0.3) is 5.91 Å². The quantitative estimate of drug-likeness (QED) is 0.636. The average Bonchev–Trinajstić information content (AvgIpc) is 3.11. The Bertz CT molecular complexity index is 876. The van der Waals surface area contributed by atoms with Crippen LogP contribution in [-0.2, 0) is 30.5 Å². The van der Waals surface area contributed by atoms with Crippen LogP contribution < -0.4 is 5.32 Å². The summed E-state index contributed by atoms with van der Waals surface area (Å²) < 4.78 is 69.5. The summed E-state index contributed by atoms with van der Waals surface area (Å²) in [6.07, 6.45) is -3.65. The standard InChI is InChI=1S/C17H20ClF3N2O5S/c1-2-8-29(26,27)23-7-3-4-14(23)16(25)28-10-15(24)22-13-6-5-11(18)9-12(13)17(19,20)21/h5-6,9,14H,2-4,7-8,10H2,1H3,(H,22,24). The van der Waals surface area contributed by atoms with Gasteiger partial charge in [0.1, 0.15) is 6.04 Å². The number of halogens is 4. The molecule has 1 heterocycles. The molecule has 0 bridgehead atoms. The molecule has 1 saturated heterocycles. The molecule has 29 heavy (non-hydrogen) atoms. The fourth-order valence-corrected chi connectivity index (χ4v) is 4.87. The van der Waals surface area contributed by atoms with E-state index in [0.717, 1.165) is 10.4 Å². The van der Waals surface area contributed by atoms with Crippen molar-refractivity contribution in [2.24, 2.45) is 0 Å². The fourth-order valence-electron chi connectivity index (χ4n) is 2.96. The smallest absolute Gasteiger partial charge is 0.418 e. The molecule has 0 saturated carbocycles. The van der Waals surface area contributed by atoms with Crippen LogP contribution in [0.3, 0.4) is 0 Å². The van der Waals surface area contributed by atoms with Gasteiger partial charge in [-0.1, -0.05) is 18.5 Å². The number of ether oxygens (including phenoxy) is 1. The van der Waals surface area contributed by atoms with Crippen molar-refractivity contribution in [2.45, 2.75) is 38.4 Å². The van der Waals surface area contributed by atoms with E-state index in [2.05, 4.69) is 0 Å². The first-order chi connectivity index (χ1) is 13.5. The highest BCUT2D eigenvalue weighted by molar-refractivity contribution is 7.89. The number of carbonyl (C=O) groups is 2. The Morgan fingerprint density at radius 1 is 1.34 bits per heavy atom. The Morgan fingerprint density at radius 3 is 2.66 bits per heavy atom. The van der Waals surface area contributed by atoms with Gasteiger partial charge in [-0.05, 0) is 37.5 Å². The van der Waals surface area contributed by atoms with Crippen molar-refractivity contribution in [1.82, 2.24) is 4.31 Å². The molecule has 1 unspecified atom stereocenters. The largest absolute Gasteiger partial charge is 0.454 e. The first-order valence-corrected chi connectivity index (χ1v) is 10.8. The maximum Gasteiger partial charge on any atom is 0.418 e. The number of nitrogens with one attached hydrogen (secondary N) is 1. The van der Waals surface area contributed by atoms with Crippen molar-refractivity contribution in [1.29, 1.82) is 0 Å². The summed E-state index contributed by atoms with van der Waals surface area (Å²) in [5, 5.41) is 1.87. The Morgan fingerprint density at radius 2 is 2.03 bits per heavy atom. The lowest BCUT2D eigenvalue weighted by Crippen LogP contribution is -2.43. The van der Waals surface area contributed by atoms with Gasteiger partial charge in [-0.2, -0.15) is 17.5 Å². The Hall–Kier alpha value is -1.85. The molecule has 0 radical (unpaired) electrons. The fraction of sp³-hybridized carbons (Fsp3) is 0.529. The van der Waals surface area contributed by atoms with Crippen LogP contribution in [0.25, 0.3) is 0 Å². The summed E-state index contributed by atoms with van der Waals surface area (Å²) in [7, 11) is -3.62. The van der Waals surface area contributed by atoms with Crippen molar-refractivity contribution in [3.05, 3.63) is 28.8 Å². The topological polar surface area (TPSA) is 92.8 Å². The minimum Gasteiger partial charge on any atom is -0.454 e. The summed E-state index contributed by atoms with van der Waals surface area (Å²) in [6.45, 7) is 1.02. The van der Waals surface area contributed by atoms with E-state index in [9.17, 15) is 31.2 Å². The highest BCUT2D eigenvalue weighted by Gasteiger charge is 2.39. The van der Waals surface area contributed by atoms with Gasteiger partial charge in [-0.25, -0.2) is 8.42 Å². The number of hydrogen-bond acceptors (Lipinski definition) is 5. The van der Waals surface area contributed by atoms with E-state index in [1.54, 1.807) is 6.92 Å². The van der Waals surface area contributed by atoms with Crippen molar-refractivity contribution in [3.63, 3.8) is 0 Å². The molecule has 162 valence electrons. The second kappa shape index (κ2) is 9.31. The van der Waals surface area contributed by atoms with Gasteiger partial charge in [0.2, 0.25) is 10.0 Å². The number of sulfonamides is 1. The summed E-state index contributed by atoms with van der Waals surface area (Å²) >= 11 is 5.57. The molecule has 0 aromatic heterocycles. The van der Waals surface area contributed by atoms with Gasteiger partial charge in [0.15, 0.2) is 6.61 Å². The van der Waals surface area contributed by atoms with Crippen LogP contribution in [0.5, 0.6) is 0 Å². The number of rotatable bonds is 7. The van der Waals surface area contributed by atoms with E-state index in [4.69, 9.17) is 16.3 Å². The van der Waals surface area contributed by atoms with Crippen LogP contribution in [0.1, 0.15) is 31.7 Å². The van der Waals surface area contributed by atoms with E-state index < -0.39 is 52.0 Å². The first kappa shape index (κ1) is 23.4. The lowest BCUT2D eigenvalue weighted by atomic mass is 10.1. The summed E-state index contributed by atoms with van der Waals surface area (Å²) in [4.78, 5) is 24.2. The zero-order valence-corrected chi connectivity index (χ0v) is 17.0. The lowest BCUT2D eigenvalue weighted by molar-refractivity contribution is -0.150. The third-order valence-electron chi connectivity index (χ3n) is 4.20. The molecule has 0 aliphatic carbocycles. The van der Waals surface area contributed by atoms with Gasteiger partial charge >= 0.3 is 12.1 Å². The monoisotopic (exact) mass is 456 g/mol. The van der Waals surface area contributed by atoms with Crippen molar-refractivity contribution in [3.8, 4) is 0 Å². The van der Waals surface area contributed by atoms with Crippen LogP contribution in [-0.4, -0.2) is 49.5 Å². The Balaban J connectivity index is 2.00. The molecule has 1 N–H and O–H groups in total. The highest BCUT2D eigenvalue weighted by atomic mass is 35.5. The second-order valence-electron chi connectivity index (χ2n) is 6.43. The molecule has 1 aliphatic heterocycles. The molecular weight excluding hydrogens is 437 g/mol. The highest BCUT2D eigenvalue weighted by Crippen LogP contribution is 2.36. The van der Waals surface area contributed by atoms with E-state index in [-0.39, 0.29) is 23.7 Å². The maximum atomic E-state index is 13.1. The number of alkyl halides is 3. The Kier molecular flexibility index (Phi) is 7.52. The molecule has 1 amide bonds. The normalized spacial score (nSPS) is 17.9. The number of hydrogen-bond donors (Lipinski definition) is 1. The van der Waals surface area contributed by atoms with E-state index in [0.29, 0.717) is 18.9 Å². The molecule has 1 atom stereocenters.